The van der Waals surface area contributed by atoms with E-state index in [4.69, 9.17) is 4.52 Å². The van der Waals surface area contributed by atoms with E-state index in [9.17, 15) is 5.11 Å². The fraction of sp³-hybridized carbons (Fsp3) is 0.429. The Kier molecular flexibility index (Phi) is 3.10. The number of aliphatic hydroxyl groups is 1. The van der Waals surface area contributed by atoms with Crippen LogP contribution in [-0.2, 0) is 6.54 Å². The highest BCUT2D eigenvalue weighted by atomic mass is 16.5. The molecule has 0 spiro atoms. The molecule has 3 rings (SSSR count). The molecule has 5 heteroatoms. The van der Waals surface area contributed by atoms with Gasteiger partial charge in [-0.15, -0.1) is 0 Å². The highest BCUT2D eigenvalue weighted by Gasteiger charge is 2.18. The monoisotopic (exact) mass is 257 g/mol. The summed E-state index contributed by atoms with van der Waals surface area (Å²) in [6, 6.07) is 1.83. The second-order valence-corrected chi connectivity index (χ2v) is 4.82. The first-order valence-corrected chi connectivity index (χ1v) is 6.38. The van der Waals surface area contributed by atoms with Crippen molar-refractivity contribution in [1.29, 1.82) is 0 Å². The molecule has 98 valence electrons. The zero-order chi connectivity index (χ0) is 13.2. The van der Waals surface area contributed by atoms with E-state index in [2.05, 4.69) is 22.0 Å². The van der Waals surface area contributed by atoms with Gasteiger partial charge in [-0.3, -0.25) is 0 Å². The van der Waals surface area contributed by atoms with Gasteiger partial charge >= 0.3 is 0 Å². The Labute approximate surface area is 111 Å². The number of nitrogens with zero attached hydrogens (tertiary/aromatic N) is 3. The van der Waals surface area contributed by atoms with Crippen molar-refractivity contribution in [3.8, 4) is 11.8 Å². The van der Waals surface area contributed by atoms with E-state index < -0.39 is 6.10 Å². The average Bonchev–Trinajstić information content (AvgIpc) is 2.91. The lowest BCUT2D eigenvalue weighted by molar-refractivity contribution is 0.184. The maximum Gasteiger partial charge on any atom is 0.209 e. The van der Waals surface area contributed by atoms with Crippen LogP contribution in [0.2, 0.25) is 0 Å². The molecule has 0 radical (unpaired) electrons. The summed E-state index contributed by atoms with van der Waals surface area (Å²) in [7, 11) is 0. The number of hydrogen-bond acceptors (Lipinski definition) is 4. The molecule has 2 aromatic rings. The summed E-state index contributed by atoms with van der Waals surface area (Å²) in [5.74, 6) is 7.88. The highest BCUT2D eigenvalue weighted by molar-refractivity contribution is 5.28. The molecule has 1 unspecified atom stereocenters. The molecule has 0 amide bonds. The van der Waals surface area contributed by atoms with Crippen LogP contribution in [0.25, 0.3) is 0 Å². The van der Waals surface area contributed by atoms with Gasteiger partial charge in [-0.25, -0.2) is 4.98 Å². The van der Waals surface area contributed by atoms with Crippen LogP contribution in [0.4, 0.5) is 0 Å². The van der Waals surface area contributed by atoms with Gasteiger partial charge in [0, 0.05) is 24.4 Å². The van der Waals surface area contributed by atoms with Gasteiger partial charge < -0.3 is 14.2 Å². The summed E-state index contributed by atoms with van der Waals surface area (Å²) in [6.07, 6.45) is 5.26. The maximum atomic E-state index is 9.58. The van der Waals surface area contributed by atoms with E-state index in [-0.39, 0.29) is 0 Å². The molecular formula is C14H15N3O2. The zero-order valence-corrected chi connectivity index (χ0v) is 10.7. The van der Waals surface area contributed by atoms with Crippen molar-refractivity contribution >= 4 is 0 Å². The van der Waals surface area contributed by atoms with Crippen LogP contribution >= 0.6 is 0 Å². The molecule has 1 atom stereocenters. The van der Waals surface area contributed by atoms with Gasteiger partial charge in [0.1, 0.15) is 17.6 Å². The van der Waals surface area contributed by atoms with Crippen LogP contribution in [0.1, 0.15) is 43.1 Å². The van der Waals surface area contributed by atoms with E-state index in [0.717, 1.165) is 5.69 Å². The number of aromatic nitrogens is 3. The van der Waals surface area contributed by atoms with Crippen molar-refractivity contribution in [1.82, 2.24) is 14.7 Å². The molecule has 2 heterocycles. The van der Waals surface area contributed by atoms with Crippen molar-refractivity contribution in [3.63, 3.8) is 0 Å². The van der Waals surface area contributed by atoms with Gasteiger partial charge in [0.25, 0.3) is 0 Å². The minimum Gasteiger partial charge on any atom is -0.385 e. The van der Waals surface area contributed by atoms with Gasteiger partial charge in [0.2, 0.25) is 5.76 Å². The molecule has 0 saturated heterocycles. The van der Waals surface area contributed by atoms with Crippen LogP contribution in [-0.4, -0.2) is 19.8 Å². The van der Waals surface area contributed by atoms with Crippen molar-refractivity contribution in [2.24, 2.45) is 5.92 Å². The minimum atomic E-state index is -0.601. The predicted molar refractivity (Wildman–Crippen MR) is 68.1 cm³/mol. The molecule has 1 aliphatic rings. The van der Waals surface area contributed by atoms with E-state index in [1.807, 2.05) is 16.8 Å². The standard InChI is InChI=1S/C14H15N3O2/c1-10(18)14-15-6-7-17(14)9-12-8-13(19-16-12)5-4-11-2-3-11/h6-8,10-11,18H,2-3,9H2,1H3. The SMILES string of the molecule is CC(O)c1nccn1Cc1cc(C#CC2CC2)on1. The summed E-state index contributed by atoms with van der Waals surface area (Å²) in [5, 5.41) is 13.6. The maximum absolute atomic E-state index is 9.58. The number of rotatable bonds is 3. The summed E-state index contributed by atoms with van der Waals surface area (Å²) in [5.41, 5.74) is 0.778. The fourth-order valence-electron chi connectivity index (χ4n) is 1.84. The molecule has 5 nitrogen and oxygen atoms in total. The van der Waals surface area contributed by atoms with Crippen molar-refractivity contribution in [2.75, 3.05) is 0 Å². The Morgan fingerprint density at radius 3 is 3.16 bits per heavy atom. The van der Waals surface area contributed by atoms with Gasteiger partial charge in [-0.2, -0.15) is 0 Å². The third-order valence-corrected chi connectivity index (χ3v) is 2.99. The topological polar surface area (TPSA) is 64.1 Å². The quantitative estimate of drug-likeness (QED) is 0.851. The third kappa shape index (κ3) is 2.85. The van der Waals surface area contributed by atoms with E-state index in [0.29, 0.717) is 24.0 Å². The molecule has 19 heavy (non-hydrogen) atoms. The van der Waals surface area contributed by atoms with Crippen LogP contribution in [0.15, 0.2) is 23.0 Å². The van der Waals surface area contributed by atoms with Crippen LogP contribution < -0.4 is 0 Å². The summed E-state index contributed by atoms with van der Waals surface area (Å²) in [4.78, 5) is 4.11. The first kappa shape index (κ1) is 12.0. The van der Waals surface area contributed by atoms with E-state index >= 15 is 0 Å². The Balaban J connectivity index is 1.73. The lowest BCUT2D eigenvalue weighted by atomic mass is 10.3. The Morgan fingerprint density at radius 2 is 2.42 bits per heavy atom. The first-order chi connectivity index (χ1) is 9.22. The molecule has 0 aromatic carbocycles. The van der Waals surface area contributed by atoms with Gasteiger partial charge in [0.15, 0.2) is 0 Å². The lowest BCUT2D eigenvalue weighted by Gasteiger charge is -2.07. The third-order valence-electron chi connectivity index (χ3n) is 2.99. The molecule has 2 aromatic heterocycles. The molecule has 1 saturated carbocycles. The predicted octanol–water partition coefficient (Wildman–Crippen LogP) is 1.73. The molecular weight excluding hydrogens is 242 g/mol. The van der Waals surface area contributed by atoms with Crippen molar-refractivity contribution in [2.45, 2.75) is 32.4 Å². The summed E-state index contributed by atoms with van der Waals surface area (Å²) in [6.45, 7) is 2.21. The van der Waals surface area contributed by atoms with Gasteiger partial charge in [-0.05, 0) is 25.7 Å². The van der Waals surface area contributed by atoms with Gasteiger partial charge in [-0.1, -0.05) is 11.1 Å². The molecule has 0 aliphatic heterocycles. The summed E-state index contributed by atoms with van der Waals surface area (Å²) >= 11 is 0. The van der Waals surface area contributed by atoms with Gasteiger partial charge in [0.05, 0.1) is 6.54 Å². The second-order valence-electron chi connectivity index (χ2n) is 4.82. The first-order valence-electron chi connectivity index (χ1n) is 6.38. The molecule has 0 bridgehead atoms. The van der Waals surface area contributed by atoms with Crippen LogP contribution in [0, 0.1) is 17.8 Å². The minimum absolute atomic E-state index is 0.523. The van der Waals surface area contributed by atoms with Crippen molar-refractivity contribution in [3.05, 3.63) is 35.7 Å². The summed E-state index contributed by atoms with van der Waals surface area (Å²) < 4.78 is 7.02. The molecule has 1 N–H and O–H groups in total. The Morgan fingerprint density at radius 1 is 1.58 bits per heavy atom. The second kappa shape index (κ2) is 4.90. The Bertz CT molecular complexity index is 626. The average molecular weight is 257 g/mol. The normalized spacial score (nSPS) is 15.9. The molecule has 1 fully saturated rings. The largest absolute Gasteiger partial charge is 0.385 e. The lowest BCUT2D eigenvalue weighted by Crippen LogP contribution is -2.07. The number of aliphatic hydroxyl groups excluding tert-OH is 1. The van der Waals surface area contributed by atoms with E-state index in [1.54, 1.807) is 13.1 Å². The van der Waals surface area contributed by atoms with Crippen LogP contribution in [0.3, 0.4) is 0 Å². The molecule has 1 aliphatic carbocycles. The number of hydrogen-bond donors (Lipinski definition) is 1. The van der Waals surface area contributed by atoms with Crippen molar-refractivity contribution < 1.29 is 9.63 Å². The smallest absolute Gasteiger partial charge is 0.209 e. The zero-order valence-electron chi connectivity index (χ0n) is 10.7. The van der Waals surface area contributed by atoms with E-state index in [1.165, 1.54) is 12.8 Å². The fourth-order valence-corrected chi connectivity index (χ4v) is 1.84. The number of imidazole rings is 1. The van der Waals surface area contributed by atoms with Crippen LogP contribution in [0.5, 0.6) is 0 Å². The Hall–Kier alpha value is -2.06. The highest BCUT2D eigenvalue weighted by Crippen LogP contribution is 2.27.